The van der Waals surface area contributed by atoms with Gasteiger partial charge in [0.1, 0.15) is 5.01 Å². The topological polar surface area (TPSA) is 69.1 Å². The number of hydrogen-bond acceptors (Lipinski definition) is 5. The molecule has 3 aromatic rings. The Balaban J connectivity index is 1.80. The van der Waals surface area contributed by atoms with E-state index in [1.165, 1.54) is 16.9 Å². The van der Waals surface area contributed by atoms with E-state index in [9.17, 15) is 0 Å². The van der Waals surface area contributed by atoms with Gasteiger partial charge < -0.3 is 5.73 Å². The van der Waals surface area contributed by atoms with Gasteiger partial charge in [-0.3, -0.25) is 0 Å². The maximum atomic E-state index is 5.57. The molecule has 0 aliphatic rings. The monoisotopic (exact) mass is 259 g/mol. The van der Waals surface area contributed by atoms with Gasteiger partial charge in [0.05, 0.1) is 0 Å². The van der Waals surface area contributed by atoms with E-state index >= 15 is 0 Å². The Hall–Kier alpha value is -1.79. The average molecular weight is 259 g/mol. The molecule has 0 saturated carbocycles. The third-order valence-corrected chi connectivity index (χ3v) is 3.67. The first-order valence-corrected chi connectivity index (χ1v) is 6.62. The third-order valence-electron chi connectivity index (χ3n) is 2.75. The van der Waals surface area contributed by atoms with Crippen LogP contribution >= 0.6 is 11.3 Å². The molecule has 0 aliphatic heterocycles. The van der Waals surface area contributed by atoms with Gasteiger partial charge in [-0.05, 0) is 12.0 Å². The van der Waals surface area contributed by atoms with Gasteiger partial charge in [0.2, 0.25) is 4.96 Å². The number of nitrogens with two attached hydrogens (primary N) is 1. The predicted octanol–water partition coefficient (Wildman–Crippen LogP) is 1.43. The van der Waals surface area contributed by atoms with Gasteiger partial charge in [0, 0.05) is 13.0 Å². The first-order valence-electron chi connectivity index (χ1n) is 5.81. The molecule has 0 atom stereocenters. The largest absolute Gasteiger partial charge is 0.324 e. The molecule has 0 radical (unpaired) electrons. The second-order valence-electron chi connectivity index (χ2n) is 4.00. The van der Waals surface area contributed by atoms with E-state index in [-0.39, 0.29) is 0 Å². The number of rotatable bonds is 4. The molecular formula is C12H13N5S. The molecule has 18 heavy (non-hydrogen) atoms. The van der Waals surface area contributed by atoms with Crippen LogP contribution in [0.15, 0.2) is 30.3 Å². The maximum absolute atomic E-state index is 5.57. The standard InChI is InChI=1S/C12H13N5S/c13-8-11-16-17-10(14-15-12(17)18-11)7-6-9-4-2-1-3-5-9/h1-5H,6-8,13H2. The normalized spacial score (nSPS) is 11.2. The van der Waals surface area contributed by atoms with E-state index in [1.54, 1.807) is 4.52 Å². The average Bonchev–Trinajstić information content (AvgIpc) is 2.97. The van der Waals surface area contributed by atoms with Gasteiger partial charge >= 0.3 is 0 Å². The van der Waals surface area contributed by atoms with Crippen molar-refractivity contribution in [2.75, 3.05) is 0 Å². The number of benzene rings is 1. The van der Waals surface area contributed by atoms with E-state index in [2.05, 4.69) is 27.4 Å². The highest BCUT2D eigenvalue weighted by Crippen LogP contribution is 2.14. The molecule has 1 aromatic carbocycles. The predicted molar refractivity (Wildman–Crippen MR) is 70.4 cm³/mol. The Morgan fingerprint density at radius 1 is 1.11 bits per heavy atom. The van der Waals surface area contributed by atoms with Crippen LogP contribution in [0.5, 0.6) is 0 Å². The summed E-state index contributed by atoms with van der Waals surface area (Å²) in [6.07, 6.45) is 1.77. The summed E-state index contributed by atoms with van der Waals surface area (Å²) in [5, 5.41) is 13.6. The molecule has 0 unspecified atom stereocenters. The van der Waals surface area contributed by atoms with Crippen molar-refractivity contribution in [1.82, 2.24) is 19.8 Å². The quantitative estimate of drug-likeness (QED) is 0.769. The highest BCUT2D eigenvalue weighted by Gasteiger charge is 2.10. The van der Waals surface area contributed by atoms with Crippen LogP contribution < -0.4 is 5.73 Å². The summed E-state index contributed by atoms with van der Waals surface area (Å²) in [5.74, 6) is 0.893. The Kier molecular flexibility index (Phi) is 3.04. The van der Waals surface area contributed by atoms with Crippen molar-refractivity contribution in [3.8, 4) is 0 Å². The molecule has 0 aliphatic carbocycles. The Labute approximate surface area is 108 Å². The lowest BCUT2D eigenvalue weighted by Gasteiger charge is -1.98. The highest BCUT2D eigenvalue weighted by molar-refractivity contribution is 7.16. The van der Waals surface area contributed by atoms with Crippen LogP contribution in [0, 0.1) is 0 Å². The molecule has 92 valence electrons. The van der Waals surface area contributed by atoms with Crippen molar-refractivity contribution in [1.29, 1.82) is 0 Å². The summed E-state index contributed by atoms with van der Waals surface area (Å²) in [4.78, 5) is 0.818. The van der Waals surface area contributed by atoms with Crippen LogP contribution in [-0.4, -0.2) is 19.8 Å². The third kappa shape index (κ3) is 2.12. The van der Waals surface area contributed by atoms with Crippen LogP contribution in [0.3, 0.4) is 0 Å². The van der Waals surface area contributed by atoms with Crippen molar-refractivity contribution in [2.24, 2.45) is 5.73 Å². The number of aromatic nitrogens is 4. The smallest absolute Gasteiger partial charge is 0.234 e. The van der Waals surface area contributed by atoms with Crippen LogP contribution in [0.2, 0.25) is 0 Å². The number of fused-ring (bicyclic) bond motifs is 1. The van der Waals surface area contributed by atoms with Gasteiger partial charge in [-0.15, -0.1) is 10.2 Å². The van der Waals surface area contributed by atoms with E-state index in [4.69, 9.17) is 5.73 Å². The minimum atomic E-state index is 0.451. The minimum Gasteiger partial charge on any atom is -0.324 e. The van der Waals surface area contributed by atoms with Crippen molar-refractivity contribution in [3.63, 3.8) is 0 Å². The Bertz CT molecular complexity index is 643. The van der Waals surface area contributed by atoms with Crippen molar-refractivity contribution >= 4 is 16.3 Å². The molecule has 2 heterocycles. The van der Waals surface area contributed by atoms with E-state index in [0.29, 0.717) is 6.54 Å². The maximum Gasteiger partial charge on any atom is 0.234 e. The second kappa shape index (κ2) is 4.83. The fourth-order valence-corrected chi connectivity index (χ4v) is 2.57. The summed E-state index contributed by atoms with van der Waals surface area (Å²) in [6.45, 7) is 0.451. The fraction of sp³-hybridized carbons (Fsp3) is 0.250. The van der Waals surface area contributed by atoms with Crippen molar-refractivity contribution in [2.45, 2.75) is 19.4 Å². The zero-order valence-corrected chi connectivity index (χ0v) is 10.6. The molecule has 2 aromatic heterocycles. The van der Waals surface area contributed by atoms with Gasteiger partial charge in [-0.25, -0.2) is 0 Å². The molecule has 0 amide bonds. The lowest BCUT2D eigenvalue weighted by molar-refractivity contribution is 0.776. The summed E-state index contributed by atoms with van der Waals surface area (Å²) in [5.41, 5.74) is 6.87. The first-order chi connectivity index (χ1) is 8.86. The van der Waals surface area contributed by atoms with Gasteiger partial charge in [-0.2, -0.15) is 9.61 Å². The minimum absolute atomic E-state index is 0.451. The highest BCUT2D eigenvalue weighted by atomic mass is 32.1. The van der Waals surface area contributed by atoms with Crippen LogP contribution in [0.4, 0.5) is 0 Å². The molecule has 6 heteroatoms. The second-order valence-corrected chi connectivity index (χ2v) is 5.04. The fourth-order valence-electron chi connectivity index (χ4n) is 1.84. The molecule has 3 rings (SSSR count). The zero-order chi connectivity index (χ0) is 12.4. The Morgan fingerprint density at radius 3 is 2.72 bits per heavy atom. The zero-order valence-electron chi connectivity index (χ0n) is 9.78. The molecule has 0 bridgehead atoms. The SMILES string of the molecule is NCc1nn2c(CCc3ccccc3)nnc2s1. The summed E-state index contributed by atoms with van der Waals surface area (Å²) < 4.78 is 1.80. The van der Waals surface area contributed by atoms with Crippen LogP contribution in [0.25, 0.3) is 4.96 Å². The van der Waals surface area contributed by atoms with Gasteiger partial charge in [0.15, 0.2) is 5.82 Å². The summed E-state index contributed by atoms with van der Waals surface area (Å²) in [6, 6.07) is 10.3. The van der Waals surface area contributed by atoms with E-state index < -0.39 is 0 Å². The van der Waals surface area contributed by atoms with Crippen molar-refractivity contribution in [3.05, 3.63) is 46.7 Å². The van der Waals surface area contributed by atoms with Crippen molar-refractivity contribution < 1.29 is 0 Å². The molecule has 5 nitrogen and oxygen atoms in total. The number of aryl methyl sites for hydroxylation is 2. The summed E-state index contributed by atoms with van der Waals surface area (Å²) in [7, 11) is 0. The van der Waals surface area contributed by atoms with Gasteiger partial charge in [0.25, 0.3) is 0 Å². The summed E-state index contributed by atoms with van der Waals surface area (Å²) >= 11 is 1.49. The van der Waals surface area contributed by atoms with E-state index in [0.717, 1.165) is 28.6 Å². The Morgan fingerprint density at radius 2 is 1.94 bits per heavy atom. The first kappa shape index (κ1) is 11.3. The number of nitrogens with zero attached hydrogens (tertiary/aromatic N) is 4. The van der Waals surface area contributed by atoms with E-state index in [1.807, 2.05) is 18.2 Å². The molecule has 2 N–H and O–H groups in total. The molecule has 0 saturated heterocycles. The molecule has 0 spiro atoms. The molecule has 0 fully saturated rings. The number of hydrogen-bond donors (Lipinski definition) is 1. The van der Waals surface area contributed by atoms with Gasteiger partial charge in [-0.1, -0.05) is 41.7 Å². The lowest BCUT2D eigenvalue weighted by Crippen LogP contribution is -2.01. The van der Waals surface area contributed by atoms with Crippen LogP contribution in [-0.2, 0) is 19.4 Å². The van der Waals surface area contributed by atoms with Crippen LogP contribution in [0.1, 0.15) is 16.4 Å². The lowest BCUT2D eigenvalue weighted by atomic mass is 10.1. The molecular weight excluding hydrogens is 246 g/mol.